The van der Waals surface area contributed by atoms with E-state index in [0.717, 1.165) is 0 Å². The van der Waals surface area contributed by atoms with Crippen LogP contribution in [-0.2, 0) is 24.0 Å². The van der Waals surface area contributed by atoms with Crippen molar-refractivity contribution in [2.24, 2.45) is 11.8 Å². The largest absolute Gasteiger partial charge is 0.300 e. The number of hydrogen-bond donors (Lipinski definition) is 0. The van der Waals surface area contributed by atoms with E-state index in [-0.39, 0.29) is 18.6 Å². The van der Waals surface area contributed by atoms with Crippen LogP contribution in [0.1, 0.15) is 12.8 Å². The average molecular weight is 194 g/mol. The molecule has 14 heavy (non-hydrogen) atoms. The Morgan fingerprint density at radius 2 is 1.07 bits per heavy atom. The van der Waals surface area contributed by atoms with Crippen LogP contribution in [0.15, 0.2) is 0 Å². The molecule has 0 amide bonds. The quantitative estimate of drug-likeness (QED) is 0.417. The third-order valence-corrected chi connectivity index (χ3v) is 2.45. The Morgan fingerprint density at radius 3 is 1.29 bits per heavy atom. The van der Waals surface area contributed by atoms with Gasteiger partial charge in [0.25, 0.3) is 0 Å². The van der Waals surface area contributed by atoms with Gasteiger partial charge in [-0.05, 0) is 0 Å². The third-order valence-electron chi connectivity index (χ3n) is 2.45. The molecule has 2 saturated carbocycles. The minimum Gasteiger partial charge on any atom is -0.300 e. The van der Waals surface area contributed by atoms with Crippen LogP contribution in [0.3, 0.4) is 0 Å². The lowest BCUT2D eigenvalue weighted by molar-refractivity contribution is -0.122. The molecule has 0 N–H and O–H groups in total. The van der Waals surface area contributed by atoms with E-state index in [1.807, 2.05) is 0 Å². The predicted octanol–water partition coefficient (Wildman–Crippen LogP) is -1.13. The van der Waals surface area contributed by atoms with Gasteiger partial charge in [-0.1, -0.05) is 0 Å². The maximum absolute atomic E-state index is 11.1. The lowest BCUT2D eigenvalue weighted by Crippen LogP contribution is -2.03. The van der Waals surface area contributed by atoms with Gasteiger partial charge in [-0.15, -0.1) is 0 Å². The molecule has 0 heterocycles. The SMILES string of the molecule is O=C(CC1C(=O)C1=O)CC1C(=O)C1=O. The molecule has 0 atom stereocenters. The highest BCUT2D eigenvalue weighted by atomic mass is 16.2. The van der Waals surface area contributed by atoms with E-state index in [4.69, 9.17) is 0 Å². The van der Waals surface area contributed by atoms with E-state index in [0.29, 0.717) is 0 Å². The first-order valence-corrected chi connectivity index (χ1v) is 4.20. The number of rotatable bonds is 4. The average Bonchev–Trinajstić information content (AvgIpc) is 2.89. The Hall–Kier alpha value is -1.65. The van der Waals surface area contributed by atoms with E-state index >= 15 is 0 Å². The summed E-state index contributed by atoms with van der Waals surface area (Å²) in [5.74, 6) is -4.02. The summed E-state index contributed by atoms with van der Waals surface area (Å²) in [7, 11) is 0. The molecule has 0 aliphatic heterocycles. The van der Waals surface area contributed by atoms with Gasteiger partial charge in [0.15, 0.2) is 0 Å². The first kappa shape index (κ1) is 8.93. The summed E-state index contributed by atoms with van der Waals surface area (Å²) in [6.07, 6.45) is -0.288. The molecule has 0 aromatic heterocycles. The minimum atomic E-state index is -0.786. The van der Waals surface area contributed by atoms with Crippen LogP contribution in [-0.4, -0.2) is 28.9 Å². The van der Waals surface area contributed by atoms with Crippen LogP contribution in [0.4, 0.5) is 0 Å². The van der Waals surface area contributed by atoms with Gasteiger partial charge in [-0.3, -0.25) is 24.0 Å². The minimum absolute atomic E-state index is 0.144. The number of carbonyl (C=O) groups is 5. The molecule has 0 unspecified atom stereocenters. The summed E-state index contributed by atoms with van der Waals surface area (Å²) < 4.78 is 0. The molecular weight excluding hydrogens is 188 g/mol. The van der Waals surface area contributed by atoms with Gasteiger partial charge in [0.1, 0.15) is 5.78 Å². The first-order valence-electron chi connectivity index (χ1n) is 4.20. The maximum atomic E-state index is 11.1. The summed E-state index contributed by atoms with van der Waals surface area (Å²) in [6.45, 7) is 0. The highest BCUT2D eigenvalue weighted by molar-refractivity contribution is 6.61. The highest BCUT2D eigenvalue weighted by Crippen LogP contribution is 2.28. The van der Waals surface area contributed by atoms with Crippen LogP contribution in [0.2, 0.25) is 0 Å². The van der Waals surface area contributed by atoms with Gasteiger partial charge < -0.3 is 0 Å². The fourth-order valence-electron chi connectivity index (χ4n) is 1.36. The van der Waals surface area contributed by atoms with Crippen molar-refractivity contribution in [1.82, 2.24) is 0 Å². The summed E-state index contributed by atoms with van der Waals surface area (Å²) in [4.78, 5) is 53.3. The molecule has 5 heteroatoms. The Labute approximate surface area is 78.5 Å². The zero-order chi connectivity index (χ0) is 10.5. The van der Waals surface area contributed by atoms with E-state index in [1.54, 1.807) is 0 Å². The van der Waals surface area contributed by atoms with Crippen molar-refractivity contribution in [3.63, 3.8) is 0 Å². The van der Waals surface area contributed by atoms with Crippen molar-refractivity contribution in [3.05, 3.63) is 0 Å². The van der Waals surface area contributed by atoms with Crippen LogP contribution >= 0.6 is 0 Å². The number of hydrogen-bond acceptors (Lipinski definition) is 5. The van der Waals surface area contributed by atoms with Gasteiger partial charge in [0.05, 0.1) is 11.8 Å². The smallest absolute Gasteiger partial charge is 0.210 e. The summed E-state index contributed by atoms with van der Waals surface area (Å²) in [6, 6.07) is 0. The second-order valence-corrected chi connectivity index (χ2v) is 3.51. The van der Waals surface area contributed by atoms with Gasteiger partial charge in [0.2, 0.25) is 23.1 Å². The molecule has 5 nitrogen and oxygen atoms in total. The van der Waals surface area contributed by atoms with Crippen LogP contribution in [0.25, 0.3) is 0 Å². The molecule has 72 valence electrons. The summed E-state index contributed by atoms with van der Waals surface area (Å²) in [5.41, 5.74) is 0. The number of ketones is 5. The van der Waals surface area contributed by atoms with Crippen molar-refractivity contribution >= 4 is 28.9 Å². The Kier molecular flexibility index (Phi) is 1.70. The molecule has 2 aliphatic rings. The van der Waals surface area contributed by atoms with E-state index in [9.17, 15) is 24.0 Å². The van der Waals surface area contributed by atoms with E-state index in [1.165, 1.54) is 0 Å². The molecule has 0 aromatic carbocycles. The first-order chi connectivity index (χ1) is 6.52. The predicted molar refractivity (Wildman–Crippen MR) is 41.2 cm³/mol. The zero-order valence-corrected chi connectivity index (χ0v) is 7.11. The third kappa shape index (κ3) is 1.30. The van der Waals surface area contributed by atoms with Gasteiger partial charge in [-0.25, -0.2) is 0 Å². The van der Waals surface area contributed by atoms with Crippen molar-refractivity contribution in [1.29, 1.82) is 0 Å². The van der Waals surface area contributed by atoms with Crippen molar-refractivity contribution in [2.45, 2.75) is 12.8 Å². The van der Waals surface area contributed by atoms with Gasteiger partial charge in [0, 0.05) is 12.8 Å². The lowest BCUT2D eigenvalue weighted by Gasteiger charge is -1.91. The highest BCUT2D eigenvalue weighted by Gasteiger charge is 2.52. The molecule has 0 bridgehead atoms. The van der Waals surface area contributed by atoms with Crippen molar-refractivity contribution in [3.8, 4) is 0 Å². The standard InChI is InChI=1S/C9H6O5/c10-3(1-4-6(11)7(4)12)2-5-8(13)9(5)14/h4-5H,1-2H2. The van der Waals surface area contributed by atoms with Crippen LogP contribution in [0, 0.1) is 11.8 Å². The molecule has 0 radical (unpaired) electrons. The molecule has 0 spiro atoms. The number of Topliss-reactive ketones (excluding diaryl/α,β-unsaturated/α-hetero) is 5. The zero-order valence-electron chi connectivity index (χ0n) is 7.11. The molecule has 0 saturated heterocycles. The Bertz CT molecular complexity index is 328. The molecule has 2 aliphatic carbocycles. The van der Waals surface area contributed by atoms with E-state index < -0.39 is 35.0 Å². The van der Waals surface area contributed by atoms with Crippen LogP contribution < -0.4 is 0 Å². The van der Waals surface area contributed by atoms with E-state index in [2.05, 4.69) is 0 Å². The summed E-state index contributed by atoms with van der Waals surface area (Å²) >= 11 is 0. The molecule has 2 fully saturated rings. The molecule has 0 aromatic rings. The van der Waals surface area contributed by atoms with Crippen molar-refractivity contribution in [2.75, 3.05) is 0 Å². The second-order valence-electron chi connectivity index (χ2n) is 3.51. The fourth-order valence-corrected chi connectivity index (χ4v) is 1.36. The molecular formula is C9H6O5. The van der Waals surface area contributed by atoms with Gasteiger partial charge in [-0.2, -0.15) is 0 Å². The lowest BCUT2D eigenvalue weighted by atomic mass is 10.1. The number of carbonyl (C=O) groups excluding carboxylic acids is 5. The Morgan fingerprint density at radius 1 is 0.786 bits per heavy atom. The second kappa shape index (κ2) is 2.67. The van der Waals surface area contributed by atoms with Crippen molar-refractivity contribution < 1.29 is 24.0 Å². The topological polar surface area (TPSA) is 85.3 Å². The Balaban J connectivity index is 1.81. The fraction of sp³-hybridized carbons (Fsp3) is 0.444. The van der Waals surface area contributed by atoms with Crippen LogP contribution in [0.5, 0.6) is 0 Å². The van der Waals surface area contributed by atoms with Gasteiger partial charge >= 0.3 is 0 Å². The normalized spacial score (nSPS) is 21.7. The monoisotopic (exact) mass is 194 g/mol. The molecule has 2 rings (SSSR count). The maximum Gasteiger partial charge on any atom is 0.210 e. The summed E-state index contributed by atoms with van der Waals surface area (Å²) in [5, 5.41) is 0.